The lowest BCUT2D eigenvalue weighted by Crippen LogP contribution is -2.48. The topological polar surface area (TPSA) is 32.3 Å². The van der Waals surface area contributed by atoms with Gasteiger partial charge in [-0.05, 0) is 38.0 Å². The minimum absolute atomic E-state index is 0.0686. The first-order chi connectivity index (χ1) is 5.75. The van der Waals surface area contributed by atoms with Crippen LogP contribution >= 0.6 is 0 Å². The first-order valence-electron chi connectivity index (χ1n) is 5.20. The minimum atomic E-state index is -0.0686. The normalized spacial score (nSPS) is 47.5. The van der Waals surface area contributed by atoms with Gasteiger partial charge in [0.25, 0.3) is 0 Å². The maximum atomic E-state index is 9.56. The Kier molecular flexibility index (Phi) is 2.37. The highest BCUT2D eigenvalue weighted by Gasteiger charge is 2.31. The summed E-state index contributed by atoms with van der Waals surface area (Å²) in [5, 5.41) is 13.1. The van der Waals surface area contributed by atoms with E-state index in [0.29, 0.717) is 12.1 Å². The van der Waals surface area contributed by atoms with Crippen molar-refractivity contribution in [3.05, 3.63) is 0 Å². The largest absolute Gasteiger partial charge is 0.392 e. The van der Waals surface area contributed by atoms with Crippen molar-refractivity contribution >= 4 is 0 Å². The molecular weight excluding hydrogens is 150 g/mol. The van der Waals surface area contributed by atoms with Crippen molar-refractivity contribution in [3.63, 3.8) is 0 Å². The molecule has 0 unspecified atom stereocenters. The van der Waals surface area contributed by atoms with Gasteiger partial charge in [0.05, 0.1) is 6.10 Å². The van der Waals surface area contributed by atoms with E-state index in [2.05, 4.69) is 12.2 Å². The molecule has 2 heteroatoms. The van der Waals surface area contributed by atoms with Crippen LogP contribution < -0.4 is 5.32 Å². The second-order valence-corrected chi connectivity index (χ2v) is 4.54. The molecule has 0 saturated heterocycles. The van der Waals surface area contributed by atoms with Gasteiger partial charge >= 0.3 is 0 Å². The predicted octanol–water partition coefficient (Wildman–Crippen LogP) is 1.29. The van der Waals surface area contributed by atoms with Crippen molar-refractivity contribution < 1.29 is 5.11 Å². The zero-order valence-electron chi connectivity index (χ0n) is 7.79. The summed E-state index contributed by atoms with van der Waals surface area (Å²) in [5.74, 6) is 0.904. The van der Waals surface area contributed by atoms with Crippen LogP contribution in [0.4, 0.5) is 0 Å². The Morgan fingerprint density at radius 3 is 2.50 bits per heavy atom. The first-order valence-corrected chi connectivity index (χ1v) is 5.20. The summed E-state index contributed by atoms with van der Waals surface area (Å²) in [6, 6.07) is 1.11. The second-order valence-electron chi connectivity index (χ2n) is 4.54. The van der Waals surface area contributed by atoms with Gasteiger partial charge in [-0.25, -0.2) is 0 Å². The Balaban J connectivity index is 1.72. The van der Waals surface area contributed by atoms with E-state index in [1.165, 1.54) is 25.7 Å². The van der Waals surface area contributed by atoms with E-state index >= 15 is 0 Å². The summed E-state index contributed by atoms with van der Waals surface area (Å²) in [7, 11) is 0. The average Bonchev–Trinajstić information content (AvgIpc) is 2.33. The summed E-state index contributed by atoms with van der Waals surface area (Å²) in [6.45, 7) is 2.29. The van der Waals surface area contributed by atoms with Gasteiger partial charge in [0.1, 0.15) is 0 Å². The Labute approximate surface area is 74.4 Å². The summed E-state index contributed by atoms with van der Waals surface area (Å²) in [6.07, 6.45) is 5.92. The van der Waals surface area contributed by atoms with Crippen LogP contribution in [0.3, 0.4) is 0 Å². The SMILES string of the molecule is CC1CC(N[C@@H]2CCC[C@H]2O)C1. The lowest BCUT2D eigenvalue weighted by Gasteiger charge is -2.36. The fraction of sp³-hybridized carbons (Fsp3) is 1.00. The Morgan fingerprint density at radius 1 is 1.25 bits per heavy atom. The number of aliphatic hydroxyl groups excluding tert-OH is 1. The summed E-state index contributed by atoms with van der Waals surface area (Å²) >= 11 is 0. The molecule has 0 aromatic carbocycles. The van der Waals surface area contributed by atoms with Crippen molar-refractivity contribution in [2.24, 2.45) is 5.92 Å². The molecule has 12 heavy (non-hydrogen) atoms. The summed E-state index contributed by atoms with van der Waals surface area (Å²) in [5.41, 5.74) is 0. The van der Waals surface area contributed by atoms with Gasteiger partial charge in [-0.3, -0.25) is 0 Å². The third-order valence-corrected chi connectivity index (χ3v) is 3.30. The monoisotopic (exact) mass is 169 g/mol. The minimum Gasteiger partial charge on any atom is -0.392 e. The number of hydrogen-bond donors (Lipinski definition) is 2. The highest BCUT2D eigenvalue weighted by Crippen LogP contribution is 2.29. The molecule has 2 rings (SSSR count). The lowest BCUT2D eigenvalue weighted by molar-refractivity contribution is 0.122. The number of rotatable bonds is 2. The van der Waals surface area contributed by atoms with Gasteiger partial charge in [-0.15, -0.1) is 0 Å². The van der Waals surface area contributed by atoms with E-state index in [-0.39, 0.29) is 6.10 Å². The third kappa shape index (κ3) is 1.64. The highest BCUT2D eigenvalue weighted by atomic mass is 16.3. The van der Waals surface area contributed by atoms with Crippen molar-refractivity contribution in [1.29, 1.82) is 0 Å². The van der Waals surface area contributed by atoms with Crippen molar-refractivity contribution in [2.45, 2.75) is 57.2 Å². The molecule has 0 heterocycles. The average molecular weight is 169 g/mol. The van der Waals surface area contributed by atoms with E-state index < -0.39 is 0 Å². The quantitative estimate of drug-likeness (QED) is 0.653. The molecule has 0 radical (unpaired) electrons. The molecule has 2 nitrogen and oxygen atoms in total. The molecule has 2 aliphatic carbocycles. The molecule has 0 amide bonds. The molecule has 0 spiro atoms. The van der Waals surface area contributed by atoms with E-state index in [1.807, 2.05) is 0 Å². The van der Waals surface area contributed by atoms with Crippen molar-refractivity contribution in [1.82, 2.24) is 5.32 Å². The zero-order chi connectivity index (χ0) is 8.55. The fourth-order valence-corrected chi connectivity index (χ4v) is 2.48. The molecule has 0 aliphatic heterocycles. The number of nitrogens with one attached hydrogen (secondary N) is 1. The molecule has 0 aromatic heterocycles. The zero-order valence-corrected chi connectivity index (χ0v) is 7.79. The number of aliphatic hydroxyl groups is 1. The molecule has 0 bridgehead atoms. The molecule has 2 saturated carbocycles. The van der Waals surface area contributed by atoms with E-state index in [1.54, 1.807) is 0 Å². The van der Waals surface area contributed by atoms with Gasteiger partial charge < -0.3 is 10.4 Å². The van der Waals surface area contributed by atoms with Gasteiger partial charge in [0.15, 0.2) is 0 Å². The molecule has 2 N–H and O–H groups in total. The van der Waals surface area contributed by atoms with Gasteiger partial charge in [0.2, 0.25) is 0 Å². The van der Waals surface area contributed by atoms with Crippen LogP contribution in [0.5, 0.6) is 0 Å². The number of hydrogen-bond acceptors (Lipinski definition) is 2. The molecule has 70 valence electrons. The van der Waals surface area contributed by atoms with Crippen LogP contribution in [-0.2, 0) is 0 Å². The van der Waals surface area contributed by atoms with E-state index in [9.17, 15) is 5.11 Å². The Morgan fingerprint density at radius 2 is 2.00 bits per heavy atom. The molecule has 2 atom stereocenters. The van der Waals surface area contributed by atoms with Crippen LogP contribution in [0.25, 0.3) is 0 Å². The molecule has 2 aliphatic rings. The van der Waals surface area contributed by atoms with Crippen LogP contribution in [0.15, 0.2) is 0 Å². The van der Waals surface area contributed by atoms with Crippen LogP contribution in [0.2, 0.25) is 0 Å². The molecular formula is C10H19NO. The maximum Gasteiger partial charge on any atom is 0.0693 e. The van der Waals surface area contributed by atoms with Crippen molar-refractivity contribution in [3.8, 4) is 0 Å². The van der Waals surface area contributed by atoms with Crippen molar-refractivity contribution in [2.75, 3.05) is 0 Å². The molecule has 0 aromatic rings. The van der Waals surface area contributed by atoms with Gasteiger partial charge in [-0.2, -0.15) is 0 Å². The summed E-state index contributed by atoms with van der Waals surface area (Å²) in [4.78, 5) is 0. The fourth-order valence-electron chi connectivity index (χ4n) is 2.48. The maximum absolute atomic E-state index is 9.56. The van der Waals surface area contributed by atoms with Crippen LogP contribution in [-0.4, -0.2) is 23.3 Å². The second kappa shape index (κ2) is 3.35. The molecule has 2 fully saturated rings. The lowest BCUT2D eigenvalue weighted by atomic mass is 9.81. The Hall–Kier alpha value is -0.0800. The smallest absolute Gasteiger partial charge is 0.0693 e. The van der Waals surface area contributed by atoms with E-state index in [0.717, 1.165) is 12.3 Å². The van der Waals surface area contributed by atoms with E-state index in [4.69, 9.17) is 0 Å². The first kappa shape index (κ1) is 8.52. The van der Waals surface area contributed by atoms with Gasteiger partial charge in [0, 0.05) is 12.1 Å². The summed E-state index contributed by atoms with van der Waals surface area (Å²) < 4.78 is 0. The van der Waals surface area contributed by atoms with Gasteiger partial charge in [-0.1, -0.05) is 6.92 Å². The van der Waals surface area contributed by atoms with Crippen LogP contribution in [0, 0.1) is 5.92 Å². The Bertz CT molecular complexity index is 154. The third-order valence-electron chi connectivity index (χ3n) is 3.30. The predicted molar refractivity (Wildman–Crippen MR) is 49.0 cm³/mol. The highest BCUT2D eigenvalue weighted by molar-refractivity contribution is 4.90. The van der Waals surface area contributed by atoms with Crippen LogP contribution in [0.1, 0.15) is 39.0 Å². The standard InChI is InChI=1S/C10H19NO/c1-7-5-8(6-7)11-9-3-2-4-10(9)12/h7-12H,2-6H2,1H3/t7?,8?,9-,10-/m1/s1.